The molecule has 0 saturated heterocycles. The molecule has 0 radical (unpaired) electrons. The van der Waals surface area contributed by atoms with E-state index in [1.54, 1.807) is 43.5 Å². The lowest BCUT2D eigenvalue weighted by Crippen LogP contribution is -2.12. The number of rotatable bonds is 9. The number of nitro benzene ring substituents is 1. The molecule has 0 atom stereocenters. The van der Waals surface area contributed by atoms with Crippen LogP contribution in [0.1, 0.15) is 22.8 Å². The number of nitrogens with zero attached hydrogens (tertiary/aromatic N) is 1. The molecule has 0 bridgehead atoms. The lowest BCUT2D eigenvalue weighted by Gasteiger charge is -2.09. The van der Waals surface area contributed by atoms with E-state index < -0.39 is 10.8 Å². The number of carbonyl (C=O) groups is 1. The maximum absolute atomic E-state index is 12.6. The lowest BCUT2D eigenvalue weighted by molar-refractivity contribution is -0.387. The van der Waals surface area contributed by atoms with Gasteiger partial charge in [0.2, 0.25) is 0 Å². The summed E-state index contributed by atoms with van der Waals surface area (Å²) >= 11 is 1.34. The summed E-state index contributed by atoms with van der Waals surface area (Å²) in [5, 5.41) is 14.3. The van der Waals surface area contributed by atoms with E-state index in [1.165, 1.54) is 17.8 Å². The van der Waals surface area contributed by atoms with Gasteiger partial charge < -0.3 is 14.8 Å². The van der Waals surface area contributed by atoms with Gasteiger partial charge in [-0.25, -0.2) is 0 Å². The third-order valence-electron chi connectivity index (χ3n) is 4.39. The Bertz CT molecular complexity index is 1050. The van der Waals surface area contributed by atoms with Gasteiger partial charge >= 0.3 is 0 Å². The molecule has 0 saturated carbocycles. The fourth-order valence-electron chi connectivity index (χ4n) is 2.81. The van der Waals surface area contributed by atoms with E-state index in [1.807, 2.05) is 31.2 Å². The third-order valence-corrected chi connectivity index (χ3v) is 5.53. The Balaban J connectivity index is 1.71. The summed E-state index contributed by atoms with van der Waals surface area (Å²) in [5.41, 5.74) is 1.71. The number of hydrogen-bond acceptors (Lipinski definition) is 6. The van der Waals surface area contributed by atoms with Gasteiger partial charge in [0.15, 0.2) is 0 Å². The SMILES string of the molecule is CCOc1ccc(NC(=O)c2ccc(SCc3ccc(OC)cc3)c([N+](=O)[O-])c2)cc1. The number of amides is 1. The fourth-order valence-corrected chi connectivity index (χ4v) is 3.77. The molecule has 3 aromatic rings. The van der Waals surface area contributed by atoms with Crippen LogP contribution >= 0.6 is 11.8 Å². The highest BCUT2D eigenvalue weighted by atomic mass is 32.2. The Hall–Kier alpha value is -3.52. The van der Waals surface area contributed by atoms with Gasteiger partial charge in [-0.15, -0.1) is 11.8 Å². The normalized spacial score (nSPS) is 10.4. The Kier molecular flexibility index (Phi) is 7.50. The van der Waals surface area contributed by atoms with Crippen LogP contribution in [0.25, 0.3) is 0 Å². The summed E-state index contributed by atoms with van der Waals surface area (Å²) in [6.45, 7) is 2.44. The molecule has 0 aromatic heterocycles. The van der Waals surface area contributed by atoms with Gasteiger partial charge in [0.1, 0.15) is 11.5 Å². The van der Waals surface area contributed by atoms with Crippen LogP contribution in [-0.2, 0) is 5.75 Å². The quantitative estimate of drug-likeness (QED) is 0.268. The maximum Gasteiger partial charge on any atom is 0.283 e. The molecular weight excluding hydrogens is 416 g/mol. The number of ether oxygens (including phenoxy) is 2. The molecule has 0 aliphatic rings. The zero-order valence-electron chi connectivity index (χ0n) is 17.2. The van der Waals surface area contributed by atoms with Crippen molar-refractivity contribution in [3.63, 3.8) is 0 Å². The summed E-state index contributed by atoms with van der Waals surface area (Å²) in [5.74, 6) is 1.60. The molecule has 3 rings (SSSR count). The topological polar surface area (TPSA) is 90.7 Å². The van der Waals surface area contributed by atoms with Crippen LogP contribution in [0.15, 0.2) is 71.6 Å². The molecule has 3 aromatic carbocycles. The van der Waals surface area contributed by atoms with Crippen molar-refractivity contribution < 1.29 is 19.2 Å². The van der Waals surface area contributed by atoms with Crippen molar-refractivity contribution in [2.45, 2.75) is 17.6 Å². The molecule has 0 unspecified atom stereocenters. The van der Waals surface area contributed by atoms with E-state index in [4.69, 9.17) is 9.47 Å². The third kappa shape index (κ3) is 5.99. The minimum atomic E-state index is -0.468. The summed E-state index contributed by atoms with van der Waals surface area (Å²) < 4.78 is 10.5. The van der Waals surface area contributed by atoms with Crippen molar-refractivity contribution in [3.8, 4) is 11.5 Å². The molecule has 7 nitrogen and oxygen atoms in total. The van der Waals surface area contributed by atoms with E-state index in [-0.39, 0.29) is 11.3 Å². The summed E-state index contributed by atoms with van der Waals surface area (Å²) in [6, 6.07) is 19.0. The van der Waals surface area contributed by atoms with E-state index in [0.29, 0.717) is 28.7 Å². The molecule has 0 heterocycles. The Morgan fingerprint density at radius 1 is 1.03 bits per heavy atom. The van der Waals surface area contributed by atoms with Crippen molar-refractivity contribution in [1.29, 1.82) is 0 Å². The van der Waals surface area contributed by atoms with Crippen LogP contribution < -0.4 is 14.8 Å². The molecule has 31 heavy (non-hydrogen) atoms. The number of anilines is 1. The minimum Gasteiger partial charge on any atom is -0.497 e. The largest absolute Gasteiger partial charge is 0.497 e. The number of methoxy groups -OCH3 is 1. The second kappa shape index (κ2) is 10.5. The predicted molar refractivity (Wildman–Crippen MR) is 121 cm³/mol. The van der Waals surface area contributed by atoms with Gasteiger partial charge in [-0.1, -0.05) is 12.1 Å². The second-order valence-corrected chi connectivity index (χ2v) is 7.51. The van der Waals surface area contributed by atoms with Gasteiger partial charge in [-0.2, -0.15) is 0 Å². The highest BCUT2D eigenvalue weighted by molar-refractivity contribution is 7.98. The van der Waals surface area contributed by atoms with Gasteiger partial charge in [0.25, 0.3) is 11.6 Å². The smallest absolute Gasteiger partial charge is 0.283 e. The zero-order valence-corrected chi connectivity index (χ0v) is 18.0. The number of hydrogen-bond donors (Lipinski definition) is 1. The highest BCUT2D eigenvalue weighted by Gasteiger charge is 2.18. The van der Waals surface area contributed by atoms with Crippen molar-refractivity contribution in [2.75, 3.05) is 19.0 Å². The molecule has 1 N–H and O–H groups in total. The van der Waals surface area contributed by atoms with E-state index in [2.05, 4.69) is 5.32 Å². The van der Waals surface area contributed by atoms with E-state index in [0.717, 1.165) is 11.3 Å². The summed E-state index contributed by atoms with van der Waals surface area (Å²) in [6.07, 6.45) is 0. The number of nitrogens with one attached hydrogen (secondary N) is 1. The average molecular weight is 439 g/mol. The second-order valence-electron chi connectivity index (χ2n) is 6.49. The highest BCUT2D eigenvalue weighted by Crippen LogP contribution is 2.33. The number of benzene rings is 3. The Morgan fingerprint density at radius 3 is 2.32 bits per heavy atom. The zero-order chi connectivity index (χ0) is 22.2. The first-order chi connectivity index (χ1) is 15.0. The van der Waals surface area contributed by atoms with Gasteiger partial charge in [0.05, 0.1) is 23.5 Å². The summed E-state index contributed by atoms with van der Waals surface area (Å²) in [7, 11) is 1.60. The van der Waals surface area contributed by atoms with Crippen molar-refractivity contribution in [3.05, 3.63) is 88.0 Å². The fraction of sp³-hybridized carbons (Fsp3) is 0.174. The first-order valence-electron chi connectivity index (χ1n) is 9.58. The average Bonchev–Trinajstić information content (AvgIpc) is 2.79. The maximum atomic E-state index is 12.6. The molecule has 1 amide bonds. The van der Waals surface area contributed by atoms with Crippen LogP contribution in [0.3, 0.4) is 0 Å². The molecule has 0 aliphatic heterocycles. The van der Waals surface area contributed by atoms with Crippen LogP contribution in [0.4, 0.5) is 11.4 Å². The number of carbonyl (C=O) groups excluding carboxylic acids is 1. The van der Waals surface area contributed by atoms with E-state index >= 15 is 0 Å². The molecule has 0 aliphatic carbocycles. The molecule has 8 heteroatoms. The lowest BCUT2D eigenvalue weighted by atomic mass is 10.2. The first kappa shape index (κ1) is 22.2. The molecule has 0 spiro atoms. The monoisotopic (exact) mass is 438 g/mol. The van der Waals surface area contributed by atoms with Gasteiger partial charge in [0, 0.05) is 23.1 Å². The standard InChI is InChI=1S/C23H22N2O5S/c1-3-30-20-11-7-18(8-12-20)24-23(26)17-6-13-22(21(14-17)25(27)28)31-15-16-4-9-19(29-2)10-5-16/h4-14H,3,15H2,1-2H3,(H,24,26). The Morgan fingerprint density at radius 2 is 1.71 bits per heavy atom. The number of thioether (sulfide) groups is 1. The first-order valence-corrected chi connectivity index (χ1v) is 10.6. The van der Waals surface area contributed by atoms with Crippen molar-refractivity contribution >= 4 is 29.0 Å². The van der Waals surface area contributed by atoms with Crippen molar-refractivity contribution in [2.24, 2.45) is 0 Å². The summed E-state index contributed by atoms with van der Waals surface area (Å²) in [4.78, 5) is 24.2. The molecular formula is C23H22N2O5S. The number of nitro groups is 1. The van der Waals surface area contributed by atoms with Crippen LogP contribution in [0.5, 0.6) is 11.5 Å². The van der Waals surface area contributed by atoms with Gasteiger partial charge in [-0.05, 0) is 61.0 Å². The van der Waals surface area contributed by atoms with Crippen LogP contribution in [0.2, 0.25) is 0 Å². The minimum absolute atomic E-state index is 0.0992. The predicted octanol–water partition coefficient (Wildman–Crippen LogP) is 5.55. The van der Waals surface area contributed by atoms with Crippen LogP contribution in [0, 0.1) is 10.1 Å². The van der Waals surface area contributed by atoms with E-state index in [9.17, 15) is 14.9 Å². The molecule has 160 valence electrons. The Labute approximate surface area is 184 Å². The molecule has 0 fully saturated rings. The van der Waals surface area contributed by atoms with Crippen LogP contribution in [-0.4, -0.2) is 24.5 Å². The van der Waals surface area contributed by atoms with Gasteiger partial charge in [-0.3, -0.25) is 14.9 Å². The van der Waals surface area contributed by atoms with Crippen molar-refractivity contribution in [1.82, 2.24) is 0 Å².